The molecule has 2 N–H and O–H groups in total. The summed E-state index contributed by atoms with van der Waals surface area (Å²) >= 11 is 2.12. The summed E-state index contributed by atoms with van der Waals surface area (Å²) < 4.78 is 0.921. The smallest absolute Gasteiger partial charge is 0.255 e. The molecule has 0 unspecified atom stereocenters. The second-order valence-electron chi connectivity index (χ2n) is 4.59. The largest absolute Gasteiger partial charge is 0.507 e. The number of nitrogens with one attached hydrogen (secondary N) is 1. The van der Waals surface area contributed by atoms with Crippen molar-refractivity contribution < 1.29 is 9.90 Å². The van der Waals surface area contributed by atoms with Crippen molar-refractivity contribution in [2.45, 2.75) is 13.3 Å². The van der Waals surface area contributed by atoms with Gasteiger partial charge in [-0.05, 0) is 65.3 Å². The summed E-state index contributed by atoms with van der Waals surface area (Å²) in [6, 6.07) is 13.1. The van der Waals surface area contributed by atoms with Crippen LogP contribution in [0.25, 0.3) is 0 Å². The first-order valence-electron chi connectivity index (χ1n) is 6.39. The number of rotatable bonds is 4. The molecule has 0 aromatic heterocycles. The second kappa shape index (κ2) is 6.74. The molecule has 4 heteroatoms. The Morgan fingerprint density at radius 2 is 2.00 bits per heavy atom. The molecule has 0 spiro atoms. The summed E-state index contributed by atoms with van der Waals surface area (Å²) in [6.45, 7) is 2.61. The van der Waals surface area contributed by atoms with Gasteiger partial charge < -0.3 is 10.4 Å². The average molecular weight is 381 g/mol. The Morgan fingerprint density at radius 1 is 1.25 bits per heavy atom. The molecule has 1 amide bonds. The van der Waals surface area contributed by atoms with E-state index >= 15 is 0 Å². The van der Waals surface area contributed by atoms with Crippen LogP contribution in [-0.2, 0) is 6.42 Å². The molecular formula is C16H16INO2. The van der Waals surface area contributed by atoms with Gasteiger partial charge in [-0.1, -0.05) is 24.3 Å². The summed E-state index contributed by atoms with van der Waals surface area (Å²) in [5, 5.41) is 12.5. The number of benzene rings is 2. The minimum absolute atomic E-state index is 0.0128. The lowest BCUT2D eigenvalue weighted by Crippen LogP contribution is -2.26. The number of aryl methyl sites for hydroxylation is 1. The number of halogens is 1. The number of carbonyl (C=O) groups excluding carboxylic acids is 1. The summed E-state index contributed by atoms with van der Waals surface area (Å²) in [5.41, 5.74) is 2.76. The van der Waals surface area contributed by atoms with Crippen LogP contribution in [0.15, 0.2) is 42.5 Å². The molecule has 0 saturated carbocycles. The normalized spacial score (nSPS) is 10.3. The van der Waals surface area contributed by atoms with Crippen LogP contribution in [0.1, 0.15) is 21.5 Å². The molecule has 0 heterocycles. The maximum absolute atomic E-state index is 12.0. The fourth-order valence-corrected chi connectivity index (χ4v) is 2.48. The fourth-order valence-electron chi connectivity index (χ4n) is 1.99. The highest BCUT2D eigenvalue weighted by Crippen LogP contribution is 2.19. The maximum atomic E-state index is 12.0. The Bertz CT molecular complexity index is 626. The molecule has 2 rings (SSSR count). The van der Waals surface area contributed by atoms with Crippen LogP contribution in [-0.4, -0.2) is 17.6 Å². The van der Waals surface area contributed by atoms with Crippen LogP contribution < -0.4 is 5.32 Å². The maximum Gasteiger partial charge on any atom is 0.255 e. The predicted molar refractivity (Wildman–Crippen MR) is 88.0 cm³/mol. The van der Waals surface area contributed by atoms with Crippen molar-refractivity contribution in [3.8, 4) is 5.75 Å². The van der Waals surface area contributed by atoms with Gasteiger partial charge in [0.05, 0.1) is 5.56 Å². The van der Waals surface area contributed by atoms with Gasteiger partial charge >= 0.3 is 0 Å². The van der Waals surface area contributed by atoms with Gasteiger partial charge in [0.25, 0.3) is 5.91 Å². The summed E-state index contributed by atoms with van der Waals surface area (Å²) in [6.07, 6.45) is 0.781. The van der Waals surface area contributed by atoms with Crippen LogP contribution in [0.4, 0.5) is 0 Å². The number of aromatic hydroxyl groups is 1. The molecule has 0 aliphatic carbocycles. The highest BCUT2D eigenvalue weighted by Gasteiger charge is 2.11. The van der Waals surface area contributed by atoms with Crippen LogP contribution in [0.3, 0.4) is 0 Å². The fraction of sp³-hybridized carbons (Fsp3) is 0.188. The van der Waals surface area contributed by atoms with E-state index in [1.807, 2.05) is 12.1 Å². The first-order valence-corrected chi connectivity index (χ1v) is 7.47. The third kappa shape index (κ3) is 3.72. The number of hydrogen-bond donors (Lipinski definition) is 2. The van der Waals surface area contributed by atoms with E-state index in [0.717, 1.165) is 9.99 Å². The van der Waals surface area contributed by atoms with Gasteiger partial charge in [-0.15, -0.1) is 0 Å². The highest BCUT2D eigenvalue weighted by molar-refractivity contribution is 14.1. The summed E-state index contributed by atoms with van der Waals surface area (Å²) in [7, 11) is 0. The molecular weight excluding hydrogens is 365 g/mol. The van der Waals surface area contributed by atoms with E-state index in [4.69, 9.17) is 0 Å². The van der Waals surface area contributed by atoms with Crippen LogP contribution in [0.2, 0.25) is 0 Å². The van der Waals surface area contributed by atoms with E-state index in [0.29, 0.717) is 12.1 Å². The molecule has 3 nitrogen and oxygen atoms in total. The number of carbonyl (C=O) groups is 1. The first-order chi connectivity index (χ1) is 9.58. The predicted octanol–water partition coefficient (Wildman–Crippen LogP) is 3.28. The van der Waals surface area contributed by atoms with Gasteiger partial charge in [0.2, 0.25) is 0 Å². The number of phenols is 1. The molecule has 0 atom stereocenters. The van der Waals surface area contributed by atoms with Crippen molar-refractivity contribution in [1.29, 1.82) is 0 Å². The van der Waals surface area contributed by atoms with E-state index in [2.05, 4.69) is 47.0 Å². The third-order valence-corrected chi connectivity index (χ3v) is 3.82. The van der Waals surface area contributed by atoms with Gasteiger partial charge in [-0.25, -0.2) is 0 Å². The monoisotopic (exact) mass is 381 g/mol. The molecule has 20 heavy (non-hydrogen) atoms. The van der Waals surface area contributed by atoms with Crippen molar-refractivity contribution in [1.82, 2.24) is 5.32 Å². The molecule has 0 fully saturated rings. The molecule has 104 valence electrons. The molecule has 0 aliphatic rings. The zero-order chi connectivity index (χ0) is 14.5. The Kier molecular flexibility index (Phi) is 5.00. The number of phenolic OH excluding ortho intramolecular Hbond substituents is 1. The van der Waals surface area contributed by atoms with Crippen molar-refractivity contribution in [3.05, 3.63) is 62.7 Å². The SMILES string of the molecule is Cc1ccccc1CCNC(=O)c1cc(I)ccc1O. The van der Waals surface area contributed by atoms with Gasteiger partial charge in [0, 0.05) is 10.1 Å². The van der Waals surface area contributed by atoms with E-state index < -0.39 is 0 Å². The lowest BCUT2D eigenvalue weighted by Gasteiger charge is -2.09. The minimum Gasteiger partial charge on any atom is -0.507 e. The zero-order valence-corrected chi connectivity index (χ0v) is 13.3. The van der Waals surface area contributed by atoms with Crippen LogP contribution in [0, 0.1) is 10.5 Å². The number of hydrogen-bond acceptors (Lipinski definition) is 2. The average Bonchev–Trinajstić information content (AvgIpc) is 2.43. The quantitative estimate of drug-likeness (QED) is 0.799. The summed E-state index contributed by atoms with van der Waals surface area (Å²) in [4.78, 5) is 12.0. The molecule has 2 aromatic rings. The highest BCUT2D eigenvalue weighted by atomic mass is 127. The van der Waals surface area contributed by atoms with Crippen LogP contribution in [0.5, 0.6) is 5.75 Å². The lowest BCUT2D eigenvalue weighted by molar-refractivity contribution is 0.0951. The molecule has 2 aromatic carbocycles. The molecule has 0 radical (unpaired) electrons. The van der Waals surface area contributed by atoms with Gasteiger partial charge in [-0.2, -0.15) is 0 Å². The van der Waals surface area contributed by atoms with Crippen molar-refractivity contribution in [2.24, 2.45) is 0 Å². The van der Waals surface area contributed by atoms with Crippen molar-refractivity contribution in [3.63, 3.8) is 0 Å². The van der Waals surface area contributed by atoms with Gasteiger partial charge in [0.1, 0.15) is 5.75 Å². The topological polar surface area (TPSA) is 49.3 Å². The first kappa shape index (κ1) is 14.8. The van der Waals surface area contributed by atoms with E-state index in [-0.39, 0.29) is 11.7 Å². The number of amides is 1. The van der Waals surface area contributed by atoms with E-state index in [9.17, 15) is 9.90 Å². The van der Waals surface area contributed by atoms with E-state index in [1.165, 1.54) is 17.2 Å². The van der Waals surface area contributed by atoms with E-state index in [1.54, 1.807) is 12.1 Å². The Hall–Kier alpha value is -1.56. The lowest BCUT2D eigenvalue weighted by atomic mass is 10.1. The third-order valence-electron chi connectivity index (χ3n) is 3.14. The Balaban J connectivity index is 1.96. The van der Waals surface area contributed by atoms with Gasteiger partial charge in [0.15, 0.2) is 0 Å². The standard InChI is InChI=1S/C16H16INO2/c1-11-4-2-3-5-12(11)8-9-18-16(20)14-10-13(17)6-7-15(14)19/h2-7,10,19H,8-9H2,1H3,(H,18,20). The van der Waals surface area contributed by atoms with Crippen molar-refractivity contribution in [2.75, 3.05) is 6.54 Å². The Labute approximate surface area is 132 Å². The molecule has 0 aliphatic heterocycles. The summed E-state index contributed by atoms with van der Waals surface area (Å²) in [5.74, 6) is -0.228. The van der Waals surface area contributed by atoms with Gasteiger partial charge in [-0.3, -0.25) is 4.79 Å². The zero-order valence-electron chi connectivity index (χ0n) is 11.2. The Morgan fingerprint density at radius 3 is 2.75 bits per heavy atom. The molecule has 0 bridgehead atoms. The van der Waals surface area contributed by atoms with Crippen LogP contribution >= 0.6 is 22.6 Å². The molecule has 0 saturated heterocycles. The minimum atomic E-state index is -0.241. The second-order valence-corrected chi connectivity index (χ2v) is 5.84. The van der Waals surface area contributed by atoms with Crippen molar-refractivity contribution >= 4 is 28.5 Å².